The Morgan fingerprint density at radius 3 is 2.32 bits per heavy atom. The zero-order valence-corrected chi connectivity index (χ0v) is 20.9. The van der Waals surface area contributed by atoms with Crippen molar-refractivity contribution in [1.29, 1.82) is 0 Å². The number of aryl methyl sites for hydroxylation is 3. The van der Waals surface area contributed by atoms with Crippen LogP contribution < -0.4 is 0 Å². The van der Waals surface area contributed by atoms with Gasteiger partial charge in [-0.2, -0.15) is 0 Å². The molecule has 4 heteroatoms. The second kappa shape index (κ2) is 7.78. The lowest BCUT2D eigenvalue weighted by molar-refractivity contribution is 0.672. The van der Waals surface area contributed by atoms with Gasteiger partial charge in [-0.3, -0.25) is 4.98 Å². The molecule has 3 nitrogen and oxygen atoms in total. The molecule has 0 fully saturated rings. The molecule has 0 radical (unpaired) electrons. The summed E-state index contributed by atoms with van der Waals surface area (Å²) < 4.78 is 7.68. The topological polar surface area (TPSA) is 38.9 Å². The number of benzene rings is 3. The molecule has 0 N–H and O–H groups in total. The van der Waals surface area contributed by atoms with E-state index in [1.165, 1.54) is 27.8 Å². The number of furan rings is 1. The summed E-state index contributed by atoms with van der Waals surface area (Å²) in [5, 5.41) is 3.26. The van der Waals surface area contributed by atoms with Crippen molar-refractivity contribution in [2.75, 3.05) is 0 Å². The van der Waals surface area contributed by atoms with Gasteiger partial charge < -0.3 is 4.42 Å². The highest BCUT2D eigenvalue weighted by Crippen LogP contribution is 2.41. The standard InChI is InChI=1S/C30H26N2OS/c1-16(2)23-14-25(31-15-24(23)27-17(3)8-6-9-18(27)4)22-11-7-10-20-21-12-13-26-28(32-19(5)34-26)30(21)33-29(20)22/h6-16H,1-5H3. The molecule has 0 saturated heterocycles. The predicted octanol–water partition coefficient (Wildman–Crippen LogP) is 8.97. The van der Waals surface area contributed by atoms with Crippen LogP contribution in [-0.2, 0) is 0 Å². The molecule has 3 aromatic carbocycles. The van der Waals surface area contributed by atoms with Crippen molar-refractivity contribution in [3.8, 4) is 22.4 Å². The van der Waals surface area contributed by atoms with Crippen LogP contribution in [0.25, 0.3) is 54.5 Å². The van der Waals surface area contributed by atoms with Crippen LogP contribution >= 0.6 is 11.3 Å². The Kier molecular flexibility index (Phi) is 4.82. The SMILES string of the molecule is Cc1nc2c(ccc3c4cccc(-c5cc(C(C)C)c(-c6c(C)cccc6C)cn5)c4oc32)s1. The van der Waals surface area contributed by atoms with Gasteiger partial charge in [-0.15, -0.1) is 11.3 Å². The maximum atomic E-state index is 6.52. The number of thiazole rings is 1. The maximum absolute atomic E-state index is 6.52. The van der Waals surface area contributed by atoms with E-state index >= 15 is 0 Å². The van der Waals surface area contributed by atoms with Crippen LogP contribution in [0.5, 0.6) is 0 Å². The molecule has 0 aliphatic rings. The Morgan fingerprint density at radius 1 is 0.824 bits per heavy atom. The Hall–Kier alpha value is -3.50. The smallest absolute Gasteiger partial charge is 0.162 e. The number of para-hydroxylation sites is 1. The van der Waals surface area contributed by atoms with E-state index in [0.29, 0.717) is 5.92 Å². The summed E-state index contributed by atoms with van der Waals surface area (Å²) in [5.41, 5.74) is 11.0. The Morgan fingerprint density at radius 2 is 1.56 bits per heavy atom. The molecule has 6 rings (SSSR count). The van der Waals surface area contributed by atoms with Gasteiger partial charge in [0, 0.05) is 28.1 Å². The predicted molar refractivity (Wildman–Crippen MR) is 144 cm³/mol. The molecule has 168 valence electrons. The second-order valence-corrected chi connectivity index (χ2v) is 10.6. The first-order chi connectivity index (χ1) is 16.4. The van der Waals surface area contributed by atoms with Gasteiger partial charge in [-0.05, 0) is 73.2 Å². The number of hydrogen-bond donors (Lipinski definition) is 0. The normalized spacial score (nSPS) is 11.9. The fraction of sp³-hybridized carbons (Fsp3) is 0.200. The molecule has 0 atom stereocenters. The van der Waals surface area contributed by atoms with Crippen LogP contribution in [0.1, 0.15) is 41.5 Å². The third kappa shape index (κ3) is 3.17. The van der Waals surface area contributed by atoms with Gasteiger partial charge in [-0.1, -0.05) is 44.2 Å². The first-order valence-electron chi connectivity index (χ1n) is 11.7. The van der Waals surface area contributed by atoms with Crippen molar-refractivity contribution >= 4 is 43.5 Å². The molecule has 0 amide bonds. The zero-order chi connectivity index (χ0) is 23.6. The molecule has 0 unspecified atom stereocenters. The van der Waals surface area contributed by atoms with Crippen LogP contribution in [-0.4, -0.2) is 9.97 Å². The van der Waals surface area contributed by atoms with E-state index in [1.54, 1.807) is 11.3 Å². The molecule has 3 aromatic heterocycles. The summed E-state index contributed by atoms with van der Waals surface area (Å²) in [6.45, 7) is 10.9. The minimum atomic E-state index is 0.364. The quantitative estimate of drug-likeness (QED) is 0.263. The van der Waals surface area contributed by atoms with Crippen molar-refractivity contribution in [2.24, 2.45) is 0 Å². The van der Waals surface area contributed by atoms with Gasteiger partial charge in [-0.25, -0.2) is 4.98 Å². The van der Waals surface area contributed by atoms with Crippen molar-refractivity contribution in [3.05, 3.63) is 82.5 Å². The molecular formula is C30H26N2OS. The van der Waals surface area contributed by atoms with Gasteiger partial charge in [0.15, 0.2) is 5.58 Å². The first kappa shape index (κ1) is 21.1. The van der Waals surface area contributed by atoms with Crippen LogP contribution in [0.15, 0.2) is 65.2 Å². The average Bonchev–Trinajstić information content (AvgIpc) is 3.38. The lowest BCUT2D eigenvalue weighted by Gasteiger charge is -2.18. The molecule has 0 saturated carbocycles. The summed E-state index contributed by atoms with van der Waals surface area (Å²) in [5.74, 6) is 0.364. The number of aromatic nitrogens is 2. The summed E-state index contributed by atoms with van der Waals surface area (Å²) >= 11 is 1.70. The van der Waals surface area contributed by atoms with Crippen LogP contribution in [0.4, 0.5) is 0 Å². The number of fused-ring (bicyclic) bond motifs is 5. The Balaban J connectivity index is 1.60. The lowest BCUT2D eigenvalue weighted by Crippen LogP contribution is -1.99. The van der Waals surface area contributed by atoms with E-state index in [1.807, 2.05) is 13.1 Å². The van der Waals surface area contributed by atoms with Crippen molar-refractivity contribution in [1.82, 2.24) is 9.97 Å². The van der Waals surface area contributed by atoms with E-state index in [2.05, 4.69) is 82.3 Å². The summed E-state index contributed by atoms with van der Waals surface area (Å²) in [7, 11) is 0. The number of rotatable bonds is 3. The summed E-state index contributed by atoms with van der Waals surface area (Å²) in [6.07, 6.45) is 2.05. The van der Waals surface area contributed by atoms with Gasteiger partial charge in [0.25, 0.3) is 0 Å². The average molecular weight is 463 g/mol. The summed E-state index contributed by atoms with van der Waals surface area (Å²) in [6, 6.07) is 19.4. The highest BCUT2D eigenvalue weighted by Gasteiger charge is 2.19. The van der Waals surface area contributed by atoms with E-state index in [9.17, 15) is 0 Å². The third-order valence-electron chi connectivity index (χ3n) is 6.72. The lowest BCUT2D eigenvalue weighted by atomic mass is 9.88. The molecule has 0 bridgehead atoms. The fourth-order valence-electron chi connectivity index (χ4n) is 5.10. The van der Waals surface area contributed by atoms with Gasteiger partial charge in [0.1, 0.15) is 11.1 Å². The monoisotopic (exact) mass is 462 g/mol. The van der Waals surface area contributed by atoms with Crippen molar-refractivity contribution in [3.63, 3.8) is 0 Å². The van der Waals surface area contributed by atoms with Gasteiger partial charge >= 0.3 is 0 Å². The van der Waals surface area contributed by atoms with Crippen molar-refractivity contribution in [2.45, 2.75) is 40.5 Å². The van der Waals surface area contributed by atoms with E-state index < -0.39 is 0 Å². The highest BCUT2D eigenvalue weighted by atomic mass is 32.1. The van der Waals surface area contributed by atoms with Crippen molar-refractivity contribution < 1.29 is 4.42 Å². The fourth-order valence-corrected chi connectivity index (χ4v) is 5.93. The Labute approximate surface area is 203 Å². The number of nitrogens with zero attached hydrogens (tertiary/aromatic N) is 2. The number of pyridine rings is 1. The third-order valence-corrected chi connectivity index (χ3v) is 7.65. The molecule has 34 heavy (non-hydrogen) atoms. The minimum absolute atomic E-state index is 0.364. The molecular weight excluding hydrogens is 436 g/mol. The molecule has 3 heterocycles. The zero-order valence-electron chi connectivity index (χ0n) is 20.1. The minimum Gasteiger partial charge on any atom is -0.453 e. The Bertz CT molecular complexity index is 1700. The molecule has 0 spiro atoms. The summed E-state index contributed by atoms with van der Waals surface area (Å²) in [4.78, 5) is 9.71. The van der Waals surface area contributed by atoms with Crippen LogP contribution in [0.3, 0.4) is 0 Å². The number of hydrogen-bond acceptors (Lipinski definition) is 4. The molecule has 6 aromatic rings. The van der Waals surface area contributed by atoms with E-state index in [4.69, 9.17) is 14.4 Å². The maximum Gasteiger partial charge on any atom is 0.162 e. The van der Waals surface area contributed by atoms with E-state index in [-0.39, 0.29) is 0 Å². The first-order valence-corrected chi connectivity index (χ1v) is 12.5. The second-order valence-electron chi connectivity index (χ2n) is 9.38. The van der Waals surface area contributed by atoms with Crippen LogP contribution in [0, 0.1) is 20.8 Å². The van der Waals surface area contributed by atoms with Gasteiger partial charge in [0.05, 0.1) is 15.4 Å². The highest BCUT2D eigenvalue weighted by molar-refractivity contribution is 7.18. The van der Waals surface area contributed by atoms with Gasteiger partial charge in [0.2, 0.25) is 0 Å². The van der Waals surface area contributed by atoms with Crippen LogP contribution in [0.2, 0.25) is 0 Å². The largest absolute Gasteiger partial charge is 0.453 e. The van der Waals surface area contributed by atoms with E-state index in [0.717, 1.165) is 48.4 Å². The molecule has 0 aliphatic heterocycles. The molecule has 0 aliphatic carbocycles.